The second-order valence-electron chi connectivity index (χ2n) is 2.44. The van der Waals surface area contributed by atoms with E-state index in [1.807, 2.05) is 25.4 Å². The van der Waals surface area contributed by atoms with Crippen molar-refractivity contribution >= 4 is 21.6 Å². The summed E-state index contributed by atoms with van der Waals surface area (Å²) in [6.45, 7) is 2.01. The lowest BCUT2D eigenvalue weighted by atomic mass is 10.4. The predicted octanol–water partition coefficient (Wildman–Crippen LogP) is 1.53. The first-order valence-electron chi connectivity index (χ1n) is 3.35. The van der Waals surface area contributed by atoms with Crippen molar-refractivity contribution in [1.29, 1.82) is 0 Å². The Morgan fingerprint density at radius 1 is 1.64 bits per heavy atom. The zero-order valence-electron chi connectivity index (χ0n) is 6.24. The molecule has 0 amide bonds. The molecule has 0 atom stereocenters. The van der Waals surface area contributed by atoms with Crippen LogP contribution in [-0.4, -0.2) is 4.98 Å². The minimum absolute atomic E-state index is 1.03. The second-order valence-corrected chi connectivity index (χ2v) is 3.68. The van der Waals surface area contributed by atoms with E-state index in [-0.39, 0.29) is 0 Å². The van der Waals surface area contributed by atoms with Gasteiger partial charge in [-0.25, -0.2) is 4.98 Å². The quantitative estimate of drug-likeness (QED) is 0.540. The molecule has 0 saturated carbocycles. The maximum Gasteiger partial charge on any atom is 0.206 e. The van der Waals surface area contributed by atoms with Crippen LogP contribution in [0.15, 0.2) is 18.5 Å². The molecule has 1 radical (unpaired) electrons. The van der Waals surface area contributed by atoms with E-state index in [9.17, 15) is 0 Å². The molecule has 0 aliphatic heterocycles. The largest absolute Gasteiger partial charge is 0.235 e. The van der Waals surface area contributed by atoms with Crippen LogP contribution in [0.4, 0.5) is 0 Å². The maximum absolute atomic E-state index is 4.33. The molecule has 2 aromatic heterocycles. The predicted molar refractivity (Wildman–Crippen MR) is 45.3 cm³/mol. The van der Waals surface area contributed by atoms with Gasteiger partial charge in [-0.15, -0.1) is 11.3 Å². The molecule has 0 bridgehead atoms. The van der Waals surface area contributed by atoms with Crippen LogP contribution in [0.3, 0.4) is 0 Å². The number of rotatable bonds is 0. The van der Waals surface area contributed by atoms with E-state index in [0.29, 0.717) is 0 Å². The Morgan fingerprint density at radius 3 is 3.27 bits per heavy atom. The molecule has 0 aliphatic carbocycles. The molecule has 3 heteroatoms. The van der Waals surface area contributed by atoms with Gasteiger partial charge >= 0.3 is 0 Å². The van der Waals surface area contributed by atoms with Crippen LogP contribution in [0, 0.1) is 14.0 Å². The molecule has 2 rings (SSSR count). The molecule has 2 aromatic rings. The maximum atomic E-state index is 4.33. The summed E-state index contributed by atoms with van der Waals surface area (Å²) in [5.41, 5.74) is 1.03. The molecule has 0 fully saturated rings. The molecule has 11 heavy (non-hydrogen) atoms. The number of aryl methyl sites for hydroxylation is 1. The minimum Gasteiger partial charge on any atom is -0.235 e. The Morgan fingerprint density at radius 2 is 2.45 bits per heavy atom. The highest BCUT2D eigenvalue weighted by molar-refractivity contribution is 7.18. The molecule has 0 saturated heterocycles. The highest BCUT2D eigenvalue weighted by atomic mass is 32.1. The van der Waals surface area contributed by atoms with Gasteiger partial charge in [0.1, 0.15) is 5.52 Å². The molecule has 0 spiro atoms. The Balaban J connectivity index is 2.82. The number of fused-ring (bicyclic) bond motifs is 1. The lowest BCUT2D eigenvalue weighted by Gasteiger charge is -1.83. The molecule has 55 valence electrons. The number of hydrogen-bond acceptors (Lipinski definition) is 2. The van der Waals surface area contributed by atoms with Gasteiger partial charge in [-0.2, -0.15) is 4.57 Å². The number of nitrogens with zero attached hydrogens (tertiary/aromatic N) is 2. The van der Waals surface area contributed by atoms with Crippen molar-refractivity contribution in [2.45, 2.75) is 6.92 Å². The molecular formula is C8H8N2S+. The first-order valence-corrected chi connectivity index (χ1v) is 4.17. The van der Waals surface area contributed by atoms with Gasteiger partial charge < -0.3 is 0 Å². The van der Waals surface area contributed by atoms with Crippen molar-refractivity contribution in [2.24, 2.45) is 0 Å². The molecule has 2 nitrogen and oxygen atoms in total. The highest BCUT2D eigenvalue weighted by Gasteiger charge is 2.02. The lowest BCUT2D eigenvalue weighted by Crippen LogP contribution is -2.22. The summed E-state index contributed by atoms with van der Waals surface area (Å²) in [4.78, 5) is 4.33. The first kappa shape index (κ1) is 6.73. The summed E-state index contributed by atoms with van der Waals surface area (Å²) in [5.74, 6) is 0. The van der Waals surface area contributed by atoms with Gasteiger partial charge in [0.2, 0.25) is 7.05 Å². The Labute approximate surface area is 69.1 Å². The number of thiazole rings is 1. The zero-order chi connectivity index (χ0) is 7.84. The molecular weight excluding hydrogens is 156 g/mol. The van der Waals surface area contributed by atoms with Crippen molar-refractivity contribution in [2.75, 3.05) is 0 Å². The van der Waals surface area contributed by atoms with Gasteiger partial charge in [-0.3, -0.25) is 0 Å². The third kappa shape index (κ3) is 1.12. The van der Waals surface area contributed by atoms with Gasteiger partial charge in [0.05, 0.1) is 9.71 Å². The van der Waals surface area contributed by atoms with Crippen LogP contribution >= 0.6 is 11.3 Å². The molecule has 2 heterocycles. The van der Waals surface area contributed by atoms with Crippen molar-refractivity contribution < 1.29 is 4.57 Å². The number of pyridine rings is 1. The summed E-state index contributed by atoms with van der Waals surface area (Å²) in [7, 11) is 3.76. The van der Waals surface area contributed by atoms with Gasteiger partial charge in [0.15, 0.2) is 12.4 Å². The van der Waals surface area contributed by atoms with E-state index in [4.69, 9.17) is 0 Å². The molecule has 0 aromatic carbocycles. The third-order valence-corrected chi connectivity index (χ3v) is 2.45. The standard InChI is InChI=1S/C8H8N2S/c1-6-9-7-5-10(2)4-3-8(7)11-6/h3-5H,2H2,1H3/q+1. The van der Waals surface area contributed by atoms with E-state index in [1.54, 1.807) is 15.9 Å². The van der Waals surface area contributed by atoms with Gasteiger partial charge in [-0.05, 0) is 6.92 Å². The fourth-order valence-electron chi connectivity index (χ4n) is 1.03. The van der Waals surface area contributed by atoms with Gasteiger partial charge in [-0.1, -0.05) is 0 Å². The third-order valence-electron chi connectivity index (χ3n) is 1.49. The normalized spacial score (nSPS) is 10.7. The molecule has 0 unspecified atom stereocenters. The minimum atomic E-state index is 1.03. The molecule has 0 aliphatic rings. The van der Waals surface area contributed by atoms with E-state index < -0.39 is 0 Å². The topological polar surface area (TPSA) is 16.8 Å². The van der Waals surface area contributed by atoms with Crippen molar-refractivity contribution in [1.82, 2.24) is 4.98 Å². The SMILES string of the molecule is [CH2][n+]1ccc2sc(C)nc2c1. The van der Waals surface area contributed by atoms with Gasteiger partial charge in [0.25, 0.3) is 0 Å². The molecule has 0 N–H and O–H groups in total. The first-order chi connectivity index (χ1) is 5.25. The van der Waals surface area contributed by atoms with Crippen molar-refractivity contribution in [3.05, 3.63) is 30.5 Å². The summed E-state index contributed by atoms with van der Waals surface area (Å²) >= 11 is 1.71. The van der Waals surface area contributed by atoms with Gasteiger partial charge in [0, 0.05) is 6.07 Å². The number of aromatic nitrogens is 2. The van der Waals surface area contributed by atoms with Crippen LogP contribution in [0.5, 0.6) is 0 Å². The van der Waals surface area contributed by atoms with Crippen LogP contribution in [0.25, 0.3) is 10.2 Å². The smallest absolute Gasteiger partial charge is 0.206 e. The monoisotopic (exact) mass is 164 g/mol. The Bertz CT molecular complexity index is 392. The lowest BCUT2D eigenvalue weighted by molar-refractivity contribution is -0.610. The van der Waals surface area contributed by atoms with E-state index >= 15 is 0 Å². The fourth-order valence-corrected chi connectivity index (χ4v) is 1.83. The zero-order valence-corrected chi connectivity index (χ0v) is 7.06. The van der Waals surface area contributed by atoms with Crippen molar-refractivity contribution in [3.8, 4) is 0 Å². The highest BCUT2D eigenvalue weighted by Crippen LogP contribution is 2.18. The second kappa shape index (κ2) is 2.27. The van der Waals surface area contributed by atoms with E-state index in [2.05, 4.69) is 12.0 Å². The average Bonchev–Trinajstić information content (AvgIpc) is 2.27. The number of hydrogen-bond donors (Lipinski definition) is 0. The summed E-state index contributed by atoms with van der Waals surface area (Å²) in [6.07, 6.45) is 3.86. The summed E-state index contributed by atoms with van der Waals surface area (Å²) in [6, 6.07) is 2.03. The Kier molecular flexibility index (Phi) is 1.39. The summed E-state index contributed by atoms with van der Waals surface area (Å²) in [5, 5.41) is 1.10. The average molecular weight is 164 g/mol. The summed E-state index contributed by atoms with van der Waals surface area (Å²) < 4.78 is 2.99. The van der Waals surface area contributed by atoms with Crippen LogP contribution in [0.1, 0.15) is 5.01 Å². The fraction of sp³-hybridized carbons (Fsp3) is 0.125. The van der Waals surface area contributed by atoms with Crippen LogP contribution < -0.4 is 4.57 Å². The Hall–Kier alpha value is -0.960. The van der Waals surface area contributed by atoms with Crippen molar-refractivity contribution in [3.63, 3.8) is 0 Å². The van der Waals surface area contributed by atoms with E-state index in [0.717, 1.165) is 10.5 Å². The van der Waals surface area contributed by atoms with Crippen LogP contribution in [0.2, 0.25) is 0 Å². The van der Waals surface area contributed by atoms with E-state index in [1.165, 1.54) is 4.70 Å². The van der Waals surface area contributed by atoms with Crippen LogP contribution in [-0.2, 0) is 0 Å².